The van der Waals surface area contributed by atoms with Crippen LogP contribution in [0.25, 0.3) is 0 Å². The lowest BCUT2D eigenvalue weighted by atomic mass is 10.1. The van der Waals surface area contributed by atoms with Crippen molar-refractivity contribution in [3.63, 3.8) is 0 Å². The molecule has 24 heavy (non-hydrogen) atoms. The third-order valence-electron chi connectivity index (χ3n) is 4.29. The smallest absolute Gasteiger partial charge is 0.289 e. The van der Waals surface area contributed by atoms with Gasteiger partial charge in [-0.1, -0.05) is 12.1 Å². The zero-order valence-corrected chi connectivity index (χ0v) is 14.4. The van der Waals surface area contributed by atoms with E-state index >= 15 is 0 Å². The van der Waals surface area contributed by atoms with E-state index in [4.69, 9.17) is 16.0 Å². The number of hydrogen-bond acceptors (Lipinski definition) is 3. The van der Waals surface area contributed by atoms with Crippen LogP contribution >= 0.6 is 11.6 Å². The van der Waals surface area contributed by atoms with Crippen LogP contribution in [-0.4, -0.2) is 41.9 Å². The standard InChI is InChI=1S/C18H20ClFN2O2/c1-13-11-14(3-4-15(13)20)12-21-7-2-8-22(10-9-21)18(23)16-5-6-17(19)24-16/h3-6,11H,2,7-10,12H2,1H3. The summed E-state index contributed by atoms with van der Waals surface area (Å²) in [5.41, 5.74) is 1.75. The third-order valence-corrected chi connectivity index (χ3v) is 4.49. The molecule has 4 nitrogen and oxygen atoms in total. The number of benzene rings is 1. The Bertz CT molecular complexity index is 732. The number of hydrogen-bond donors (Lipinski definition) is 0. The number of nitrogens with zero attached hydrogens (tertiary/aromatic N) is 2. The summed E-state index contributed by atoms with van der Waals surface area (Å²) in [4.78, 5) is 16.5. The zero-order valence-electron chi connectivity index (χ0n) is 13.6. The van der Waals surface area contributed by atoms with Gasteiger partial charge in [-0.2, -0.15) is 0 Å². The van der Waals surface area contributed by atoms with Gasteiger partial charge in [0.05, 0.1) is 0 Å². The fraction of sp³-hybridized carbons (Fsp3) is 0.389. The molecule has 0 atom stereocenters. The Kier molecular flexibility index (Phi) is 5.21. The Hall–Kier alpha value is -1.85. The van der Waals surface area contributed by atoms with E-state index in [-0.39, 0.29) is 22.7 Å². The molecule has 6 heteroatoms. The molecule has 0 N–H and O–H groups in total. The number of aryl methyl sites for hydroxylation is 1. The monoisotopic (exact) mass is 350 g/mol. The van der Waals surface area contributed by atoms with Crippen molar-refractivity contribution in [1.82, 2.24) is 9.80 Å². The number of amides is 1. The largest absolute Gasteiger partial charge is 0.440 e. The fourth-order valence-corrected chi connectivity index (χ4v) is 3.13. The number of rotatable bonds is 3. The lowest BCUT2D eigenvalue weighted by molar-refractivity contribution is 0.0729. The molecule has 0 unspecified atom stereocenters. The highest BCUT2D eigenvalue weighted by Crippen LogP contribution is 2.17. The molecule has 1 fully saturated rings. The van der Waals surface area contributed by atoms with Crippen molar-refractivity contribution in [2.45, 2.75) is 19.9 Å². The third kappa shape index (κ3) is 3.97. The average Bonchev–Trinajstić information content (AvgIpc) is 2.86. The van der Waals surface area contributed by atoms with E-state index < -0.39 is 0 Å². The predicted octanol–water partition coefficient (Wildman–Crippen LogP) is 3.73. The minimum atomic E-state index is -0.177. The van der Waals surface area contributed by atoms with Crippen molar-refractivity contribution in [3.05, 3.63) is 58.3 Å². The molecule has 1 aliphatic heterocycles. The average molecular weight is 351 g/mol. The molecule has 1 saturated heterocycles. The van der Waals surface area contributed by atoms with Crippen LogP contribution in [0.3, 0.4) is 0 Å². The first kappa shape index (κ1) is 17.0. The second-order valence-corrected chi connectivity index (χ2v) is 6.48. The molecule has 0 spiro atoms. The van der Waals surface area contributed by atoms with Gasteiger partial charge in [0.1, 0.15) is 5.82 Å². The first-order valence-corrected chi connectivity index (χ1v) is 8.43. The maximum Gasteiger partial charge on any atom is 0.289 e. The van der Waals surface area contributed by atoms with E-state index in [9.17, 15) is 9.18 Å². The van der Waals surface area contributed by atoms with Gasteiger partial charge < -0.3 is 9.32 Å². The van der Waals surface area contributed by atoms with Gasteiger partial charge in [-0.15, -0.1) is 0 Å². The molecular weight excluding hydrogens is 331 g/mol. The van der Waals surface area contributed by atoms with Crippen LogP contribution in [0.2, 0.25) is 5.22 Å². The molecule has 1 aromatic heterocycles. The van der Waals surface area contributed by atoms with Crippen LogP contribution < -0.4 is 0 Å². The van der Waals surface area contributed by atoms with E-state index in [1.807, 2.05) is 12.1 Å². The number of furan rings is 1. The molecule has 0 saturated carbocycles. The van der Waals surface area contributed by atoms with Gasteiger partial charge in [-0.3, -0.25) is 9.69 Å². The summed E-state index contributed by atoms with van der Waals surface area (Å²) in [7, 11) is 0. The van der Waals surface area contributed by atoms with Crippen molar-refractivity contribution >= 4 is 17.5 Å². The molecule has 1 amide bonds. The first-order valence-electron chi connectivity index (χ1n) is 8.05. The molecule has 1 aliphatic rings. The maximum atomic E-state index is 13.4. The second-order valence-electron chi connectivity index (χ2n) is 6.11. The summed E-state index contributed by atoms with van der Waals surface area (Å²) in [6.07, 6.45) is 0.889. The number of carbonyl (C=O) groups is 1. The number of halogens is 2. The zero-order chi connectivity index (χ0) is 17.1. The van der Waals surface area contributed by atoms with Crippen LogP contribution in [-0.2, 0) is 6.54 Å². The van der Waals surface area contributed by atoms with Gasteiger partial charge in [0, 0.05) is 32.7 Å². The lowest BCUT2D eigenvalue weighted by Gasteiger charge is -2.21. The highest BCUT2D eigenvalue weighted by molar-refractivity contribution is 6.29. The number of carbonyl (C=O) groups excluding carboxylic acids is 1. The summed E-state index contributed by atoms with van der Waals surface area (Å²) >= 11 is 5.74. The lowest BCUT2D eigenvalue weighted by Crippen LogP contribution is -2.34. The summed E-state index contributed by atoms with van der Waals surface area (Å²) in [6, 6.07) is 8.40. The highest BCUT2D eigenvalue weighted by atomic mass is 35.5. The van der Waals surface area contributed by atoms with Gasteiger partial charge in [0.25, 0.3) is 5.91 Å². The topological polar surface area (TPSA) is 36.7 Å². The molecule has 0 radical (unpaired) electrons. The van der Waals surface area contributed by atoms with Crippen molar-refractivity contribution in [2.24, 2.45) is 0 Å². The Labute approximate surface area is 145 Å². The molecule has 128 valence electrons. The summed E-state index contributed by atoms with van der Waals surface area (Å²) in [5, 5.41) is 0.224. The Morgan fingerprint density at radius 3 is 2.75 bits per heavy atom. The molecule has 0 bridgehead atoms. The van der Waals surface area contributed by atoms with E-state index in [0.29, 0.717) is 18.7 Å². The highest BCUT2D eigenvalue weighted by Gasteiger charge is 2.22. The van der Waals surface area contributed by atoms with Gasteiger partial charge >= 0.3 is 0 Å². The van der Waals surface area contributed by atoms with Crippen molar-refractivity contribution < 1.29 is 13.6 Å². The van der Waals surface area contributed by atoms with E-state index in [1.54, 1.807) is 24.0 Å². The Morgan fingerprint density at radius 2 is 2.04 bits per heavy atom. The minimum Gasteiger partial charge on any atom is -0.440 e. The van der Waals surface area contributed by atoms with Crippen LogP contribution in [0.1, 0.15) is 28.1 Å². The Balaban J connectivity index is 1.60. The predicted molar refractivity (Wildman–Crippen MR) is 90.7 cm³/mol. The quantitative estimate of drug-likeness (QED) is 0.846. The SMILES string of the molecule is Cc1cc(CN2CCCN(C(=O)c3ccc(Cl)o3)CC2)ccc1F. The van der Waals surface area contributed by atoms with Crippen molar-refractivity contribution in [2.75, 3.05) is 26.2 Å². The van der Waals surface area contributed by atoms with Crippen molar-refractivity contribution in [3.8, 4) is 0 Å². The molecular formula is C18H20ClFN2O2. The van der Waals surface area contributed by atoms with Gasteiger partial charge in [0.15, 0.2) is 11.0 Å². The van der Waals surface area contributed by atoms with E-state index in [2.05, 4.69) is 4.90 Å². The van der Waals surface area contributed by atoms with Crippen LogP contribution in [0.4, 0.5) is 4.39 Å². The second kappa shape index (κ2) is 7.36. The minimum absolute atomic E-state index is 0.124. The van der Waals surface area contributed by atoms with E-state index in [1.165, 1.54) is 6.07 Å². The van der Waals surface area contributed by atoms with E-state index in [0.717, 1.165) is 31.6 Å². The van der Waals surface area contributed by atoms with Gasteiger partial charge in [-0.25, -0.2) is 4.39 Å². The molecule has 3 rings (SSSR count). The fourth-order valence-electron chi connectivity index (χ4n) is 2.98. The summed E-state index contributed by atoms with van der Waals surface area (Å²) in [5.74, 6) is -0.0208. The molecule has 0 aliphatic carbocycles. The van der Waals surface area contributed by atoms with Crippen LogP contribution in [0, 0.1) is 12.7 Å². The molecule has 1 aromatic carbocycles. The van der Waals surface area contributed by atoms with Gasteiger partial charge in [-0.05, 0) is 54.3 Å². The maximum absolute atomic E-state index is 13.4. The summed E-state index contributed by atoms with van der Waals surface area (Å²) in [6.45, 7) is 5.54. The van der Waals surface area contributed by atoms with Crippen LogP contribution in [0.5, 0.6) is 0 Å². The van der Waals surface area contributed by atoms with Crippen molar-refractivity contribution in [1.29, 1.82) is 0 Å². The summed E-state index contributed by atoms with van der Waals surface area (Å²) < 4.78 is 18.6. The Morgan fingerprint density at radius 1 is 1.21 bits per heavy atom. The molecule has 2 heterocycles. The van der Waals surface area contributed by atoms with Gasteiger partial charge in [0.2, 0.25) is 0 Å². The first-order chi connectivity index (χ1) is 11.5. The normalized spacial score (nSPS) is 16.2. The molecule has 2 aromatic rings. The van der Waals surface area contributed by atoms with Crippen LogP contribution in [0.15, 0.2) is 34.7 Å².